The Morgan fingerprint density at radius 2 is 1.81 bits per heavy atom. The van der Waals surface area contributed by atoms with Gasteiger partial charge >= 0.3 is 0 Å². The molecule has 1 amide bonds. The number of likely N-dealkylation sites (tertiary alicyclic amines) is 1. The van der Waals surface area contributed by atoms with Crippen molar-refractivity contribution in [1.29, 1.82) is 0 Å². The summed E-state index contributed by atoms with van der Waals surface area (Å²) < 4.78 is 0.728. The molecule has 2 N–H and O–H groups in total. The van der Waals surface area contributed by atoms with Crippen LogP contribution in [0.2, 0.25) is 0 Å². The molecule has 3 aromatic rings. The van der Waals surface area contributed by atoms with E-state index in [4.69, 9.17) is 0 Å². The highest BCUT2D eigenvalue weighted by molar-refractivity contribution is 9.10. The number of anilines is 3. The Hall–Kier alpha value is -2.92. The number of nitrogens with zero attached hydrogens (tertiary/aromatic N) is 7. The number of aromatic nitrogens is 4. The first-order valence-electron chi connectivity index (χ1n) is 12.6. The van der Waals surface area contributed by atoms with E-state index in [1.54, 1.807) is 25.3 Å². The number of nitrogens with one attached hydrogen (secondary N) is 2. The summed E-state index contributed by atoms with van der Waals surface area (Å²) in [4.78, 5) is 30.6. The van der Waals surface area contributed by atoms with Gasteiger partial charge in [0.2, 0.25) is 0 Å². The average molecular weight is 557 g/mol. The molecule has 4 heterocycles. The summed E-state index contributed by atoms with van der Waals surface area (Å²) in [6.45, 7) is 9.70. The molecular weight excluding hydrogens is 522 g/mol. The Morgan fingerprint density at radius 1 is 1.08 bits per heavy atom. The molecule has 2 aliphatic heterocycles. The number of benzene rings is 1. The highest BCUT2D eigenvalue weighted by Gasteiger charge is 2.25. The number of hydrogen-bond acceptors (Lipinski definition) is 8. The molecule has 2 aromatic heterocycles. The van der Waals surface area contributed by atoms with Crippen LogP contribution in [0.5, 0.6) is 0 Å². The van der Waals surface area contributed by atoms with Crippen molar-refractivity contribution in [3.63, 3.8) is 0 Å². The lowest BCUT2D eigenvalue weighted by atomic mass is 10.0. The van der Waals surface area contributed by atoms with Crippen LogP contribution in [0, 0.1) is 6.92 Å². The molecule has 0 radical (unpaired) electrons. The summed E-state index contributed by atoms with van der Waals surface area (Å²) in [5.74, 6) is 0.906. The average Bonchev–Trinajstić information content (AvgIpc) is 3.54. The minimum absolute atomic E-state index is 0.0191. The number of fused-ring (bicyclic) bond motifs is 1. The molecule has 2 aliphatic rings. The summed E-state index contributed by atoms with van der Waals surface area (Å²) in [7, 11) is 3.61. The summed E-state index contributed by atoms with van der Waals surface area (Å²) in [6.07, 6.45) is 4.16. The first-order valence-corrected chi connectivity index (χ1v) is 13.4. The fourth-order valence-corrected chi connectivity index (χ4v) is 5.61. The molecule has 0 unspecified atom stereocenters. The molecule has 5 rings (SSSR count). The smallest absolute Gasteiger partial charge is 0.253 e. The Kier molecular flexibility index (Phi) is 7.29. The molecule has 0 atom stereocenters. The van der Waals surface area contributed by atoms with Crippen LogP contribution in [-0.2, 0) is 0 Å². The number of carbonyl (C=O) groups is 1. The lowest BCUT2D eigenvalue weighted by Gasteiger charge is -2.38. The van der Waals surface area contributed by atoms with E-state index in [0.717, 1.165) is 72.1 Å². The van der Waals surface area contributed by atoms with Gasteiger partial charge in [0.15, 0.2) is 5.65 Å². The first-order chi connectivity index (χ1) is 17.4. The van der Waals surface area contributed by atoms with Crippen molar-refractivity contribution in [2.45, 2.75) is 19.8 Å². The SMILES string of the molecule is Cc1c(NCCN2CCCC2)cc(C(=O)N(C)C)cc1N1CCN(c2ncnc3[nH]nc(Br)c23)CC1. The number of amides is 1. The van der Waals surface area contributed by atoms with Gasteiger partial charge in [-0.25, -0.2) is 9.97 Å². The Balaban J connectivity index is 1.35. The standard InChI is InChI=1S/C25H34BrN9O/c1-17-19(27-6-9-33-7-4-5-8-33)14-18(25(36)32(2)3)15-20(17)34-10-12-35(13-11-34)24-21-22(26)30-31-23(21)28-16-29-24/h14-16,27H,4-13H2,1-3H3,(H,28,29,30,31). The fraction of sp³-hybridized carbons (Fsp3) is 0.520. The summed E-state index contributed by atoms with van der Waals surface area (Å²) >= 11 is 3.52. The zero-order chi connectivity index (χ0) is 25.2. The zero-order valence-electron chi connectivity index (χ0n) is 21.2. The normalized spacial score (nSPS) is 16.7. The number of H-pyrrole nitrogens is 1. The first kappa shape index (κ1) is 24.8. The molecular formula is C25H34BrN9O. The van der Waals surface area contributed by atoms with Crippen LogP contribution in [0.1, 0.15) is 28.8 Å². The zero-order valence-corrected chi connectivity index (χ0v) is 22.8. The summed E-state index contributed by atoms with van der Waals surface area (Å²) in [6, 6.07) is 4.06. The quantitative estimate of drug-likeness (QED) is 0.459. The second-order valence-electron chi connectivity index (χ2n) is 9.75. The van der Waals surface area contributed by atoms with Crippen LogP contribution in [0.3, 0.4) is 0 Å². The third kappa shape index (κ3) is 4.99. The van der Waals surface area contributed by atoms with Crippen LogP contribution in [0.4, 0.5) is 17.2 Å². The molecule has 0 bridgehead atoms. The molecule has 10 nitrogen and oxygen atoms in total. The van der Waals surface area contributed by atoms with E-state index >= 15 is 0 Å². The minimum Gasteiger partial charge on any atom is -0.383 e. The van der Waals surface area contributed by atoms with Crippen LogP contribution >= 0.6 is 15.9 Å². The lowest BCUT2D eigenvalue weighted by Crippen LogP contribution is -2.47. The number of aromatic amines is 1. The Labute approximate surface area is 220 Å². The van der Waals surface area contributed by atoms with Gasteiger partial charge in [0.05, 0.1) is 5.39 Å². The third-order valence-electron chi connectivity index (χ3n) is 7.19. The fourth-order valence-electron chi connectivity index (χ4n) is 5.16. The van der Waals surface area contributed by atoms with Crippen LogP contribution in [0.25, 0.3) is 11.0 Å². The van der Waals surface area contributed by atoms with E-state index < -0.39 is 0 Å². The molecule has 11 heteroatoms. The monoisotopic (exact) mass is 555 g/mol. The number of rotatable bonds is 7. The molecule has 1 aromatic carbocycles. The predicted octanol–water partition coefficient (Wildman–Crippen LogP) is 2.96. The van der Waals surface area contributed by atoms with E-state index in [1.165, 1.54) is 31.5 Å². The molecule has 2 saturated heterocycles. The molecule has 0 aliphatic carbocycles. The lowest BCUT2D eigenvalue weighted by molar-refractivity contribution is 0.0827. The van der Waals surface area contributed by atoms with Crippen molar-refractivity contribution in [3.8, 4) is 0 Å². The van der Waals surface area contributed by atoms with Crippen molar-refractivity contribution < 1.29 is 4.79 Å². The van der Waals surface area contributed by atoms with Crippen LogP contribution < -0.4 is 15.1 Å². The van der Waals surface area contributed by atoms with E-state index in [2.05, 4.69) is 69.1 Å². The molecule has 36 heavy (non-hydrogen) atoms. The maximum Gasteiger partial charge on any atom is 0.253 e. The molecule has 2 fully saturated rings. The van der Waals surface area contributed by atoms with E-state index in [-0.39, 0.29) is 5.91 Å². The third-order valence-corrected chi connectivity index (χ3v) is 7.76. The van der Waals surface area contributed by atoms with E-state index in [9.17, 15) is 4.79 Å². The van der Waals surface area contributed by atoms with Crippen molar-refractivity contribution in [2.75, 3.05) is 81.6 Å². The van der Waals surface area contributed by atoms with Crippen molar-refractivity contribution >= 4 is 50.1 Å². The van der Waals surface area contributed by atoms with Gasteiger partial charge in [-0.15, -0.1) is 0 Å². The van der Waals surface area contributed by atoms with E-state index in [1.807, 2.05) is 6.07 Å². The molecule has 0 saturated carbocycles. The predicted molar refractivity (Wildman–Crippen MR) is 147 cm³/mol. The highest BCUT2D eigenvalue weighted by atomic mass is 79.9. The van der Waals surface area contributed by atoms with Gasteiger partial charge in [0.25, 0.3) is 5.91 Å². The molecule has 0 spiro atoms. The van der Waals surface area contributed by atoms with Gasteiger partial charge in [-0.2, -0.15) is 5.10 Å². The number of carbonyl (C=O) groups excluding carboxylic acids is 1. The van der Waals surface area contributed by atoms with E-state index in [0.29, 0.717) is 5.56 Å². The topological polar surface area (TPSA) is 96.5 Å². The maximum atomic E-state index is 12.9. The van der Waals surface area contributed by atoms with Crippen LogP contribution in [-0.4, -0.2) is 102 Å². The Morgan fingerprint density at radius 3 is 2.53 bits per heavy atom. The minimum atomic E-state index is 0.0191. The second kappa shape index (κ2) is 10.6. The van der Waals surface area contributed by atoms with Gasteiger partial charge in [-0.1, -0.05) is 0 Å². The number of hydrogen-bond donors (Lipinski definition) is 2. The van der Waals surface area contributed by atoms with Gasteiger partial charge in [-0.05, 0) is 66.5 Å². The van der Waals surface area contributed by atoms with Crippen molar-refractivity contribution in [2.24, 2.45) is 0 Å². The number of halogens is 1. The van der Waals surface area contributed by atoms with Crippen LogP contribution in [0.15, 0.2) is 23.1 Å². The second-order valence-corrected chi connectivity index (χ2v) is 10.5. The highest BCUT2D eigenvalue weighted by Crippen LogP contribution is 2.33. The molecule has 192 valence electrons. The van der Waals surface area contributed by atoms with Gasteiger partial charge in [-0.3, -0.25) is 9.89 Å². The maximum absolute atomic E-state index is 12.9. The summed E-state index contributed by atoms with van der Waals surface area (Å²) in [5, 5.41) is 11.7. The summed E-state index contributed by atoms with van der Waals surface area (Å²) in [5.41, 5.74) is 4.78. The number of piperazine rings is 1. The van der Waals surface area contributed by atoms with Gasteiger partial charge in [0.1, 0.15) is 16.7 Å². The van der Waals surface area contributed by atoms with Gasteiger partial charge in [0, 0.05) is 70.3 Å². The Bertz CT molecular complexity index is 1230. The van der Waals surface area contributed by atoms with Gasteiger partial charge < -0.3 is 24.9 Å². The van der Waals surface area contributed by atoms with Crippen molar-refractivity contribution in [3.05, 3.63) is 34.2 Å². The largest absolute Gasteiger partial charge is 0.383 e. The van der Waals surface area contributed by atoms with Crippen molar-refractivity contribution in [1.82, 2.24) is 30.0 Å².